The van der Waals surface area contributed by atoms with Gasteiger partial charge in [0.2, 0.25) is 11.8 Å². The highest BCUT2D eigenvalue weighted by molar-refractivity contribution is 6.34. The van der Waals surface area contributed by atoms with Crippen molar-refractivity contribution in [2.24, 2.45) is 0 Å². The van der Waals surface area contributed by atoms with Crippen LogP contribution in [0.5, 0.6) is 5.88 Å². The number of halogens is 1. The summed E-state index contributed by atoms with van der Waals surface area (Å²) < 4.78 is 6.02. The summed E-state index contributed by atoms with van der Waals surface area (Å²) in [7, 11) is 0. The third kappa shape index (κ3) is 3.81. The molecule has 0 radical (unpaired) electrons. The first-order chi connectivity index (χ1) is 15.7. The van der Waals surface area contributed by atoms with Crippen LogP contribution in [0.1, 0.15) is 47.8 Å². The van der Waals surface area contributed by atoms with E-state index >= 15 is 0 Å². The average molecular weight is 464 g/mol. The van der Waals surface area contributed by atoms with Crippen LogP contribution in [0, 0.1) is 6.92 Å². The summed E-state index contributed by atoms with van der Waals surface area (Å²) in [4.78, 5) is 23.7. The minimum absolute atomic E-state index is 0.0879. The summed E-state index contributed by atoms with van der Waals surface area (Å²) in [5.41, 5.74) is 5.39. The van der Waals surface area contributed by atoms with E-state index in [0.29, 0.717) is 22.2 Å². The predicted molar refractivity (Wildman–Crippen MR) is 130 cm³/mol. The molecule has 0 aliphatic carbocycles. The lowest BCUT2D eigenvalue weighted by atomic mass is 9.79. The molecule has 33 heavy (non-hydrogen) atoms. The molecule has 2 aliphatic heterocycles. The monoisotopic (exact) mass is 463 g/mol. The molecule has 1 unspecified atom stereocenters. The van der Waals surface area contributed by atoms with E-state index in [4.69, 9.17) is 16.3 Å². The zero-order chi connectivity index (χ0) is 23.3. The molecule has 1 amide bonds. The van der Waals surface area contributed by atoms with Gasteiger partial charge in [0, 0.05) is 30.4 Å². The van der Waals surface area contributed by atoms with Crippen molar-refractivity contribution in [3.05, 3.63) is 69.9 Å². The van der Waals surface area contributed by atoms with Gasteiger partial charge in [-0.15, -0.1) is 0 Å². The summed E-state index contributed by atoms with van der Waals surface area (Å²) in [5.74, 6) is 0.388. The minimum atomic E-state index is -0.566. The number of fused-ring (bicyclic) bond motifs is 2. The highest BCUT2D eigenvalue weighted by atomic mass is 35.5. The Morgan fingerprint density at radius 2 is 2.09 bits per heavy atom. The Morgan fingerprint density at radius 3 is 2.88 bits per heavy atom. The summed E-state index contributed by atoms with van der Waals surface area (Å²) in [6.45, 7) is 9.97. The van der Waals surface area contributed by atoms with Crippen LogP contribution in [0.2, 0.25) is 5.02 Å². The lowest BCUT2D eigenvalue weighted by molar-refractivity contribution is 0.0867. The van der Waals surface area contributed by atoms with Crippen LogP contribution in [0.15, 0.2) is 42.6 Å². The maximum Gasteiger partial charge on any atom is 0.268 e. The molecule has 1 aromatic heterocycles. The van der Waals surface area contributed by atoms with E-state index < -0.39 is 6.23 Å². The largest absolute Gasteiger partial charge is 0.453 e. The zero-order valence-electron chi connectivity index (χ0n) is 19.1. The van der Waals surface area contributed by atoms with Crippen LogP contribution >= 0.6 is 11.6 Å². The van der Waals surface area contributed by atoms with Gasteiger partial charge >= 0.3 is 0 Å². The van der Waals surface area contributed by atoms with Crippen LogP contribution in [-0.2, 0) is 12.0 Å². The number of carbonyl (C=O) groups excluding carboxylic acids is 1. The second-order valence-electron chi connectivity index (χ2n) is 9.19. The highest BCUT2D eigenvalue weighted by Gasteiger charge is 2.36. The number of amides is 1. The maximum atomic E-state index is 13.3. The molecular weight excluding hydrogens is 438 g/mol. The third-order valence-electron chi connectivity index (χ3n) is 6.25. The number of carbonyl (C=O) groups is 1. The molecule has 7 nitrogen and oxygen atoms in total. The summed E-state index contributed by atoms with van der Waals surface area (Å²) in [5, 5.41) is 7.21. The molecule has 0 spiro atoms. The first kappa shape index (κ1) is 21.7. The number of aryl methyl sites for hydroxylation is 1. The van der Waals surface area contributed by atoms with Gasteiger partial charge in [0.05, 0.1) is 10.7 Å². The Labute approximate surface area is 198 Å². The third-order valence-corrected chi connectivity index (χ3v) is 6.56. The highest BCUT2D eigenvalue weighted by Crippen LogP contribution is 2.37. The van der Waals surface area contributed by atoms with Crippen molar-refractivity contribution in [2.75, 3.05) is 16.8 Å². The SMILES string of the molecule is Cc1cccc(Cl)c1N1C(=O)c2cnc(Nc3ccc4c(c3)CNCC4(C)C)nc2OC1C. The number of nitrogens with one attached hydrogen (secondary N) is 2. The molecule has 2 N–H and O–H groups in total. The van der Waals surface area contributed by atoms with Crippen molar-refractivity contribution in [3.8, 4) is 5.88 Å². The van der Waals surface area contributed by atoms with Gasteiger partial charge in [0.1, 0.15) is 5.56 Å². The molecule has 1 atom stereocenters. The standard InChI is InChI=1S/C25H26ClN5O2/c1-14-6-5-7-20(26)21(14)31-15(2)33-22-18(23(31)32)12-28-24(30-22)29-17-8-9-19-16(10-17)11-27-13-25(19,3)4/h5-10,12,15,27H,11,13H2,1-4H3,(H,28,29,30). The molecule has 3 heterocycles. The summed E-state index contributed by atoms with van der Waals surface area (Å²) in [6, 6.07) is 11.8. The summed E-state index contributed by atoms with van der Waals surface area (Å²) in [6.07, 6.45) is 0.935. The lowest BCUT2D eigenvalue weighted by Crippen LogP contribution is -2.46. The number of benzene rings is 2. The molecule has 0 bridgehead atoms. The van der Waals surface area contributed by atoms with Crippen LogP contribution in [0.25, 0.3) is 0 Å². The number of para-hydroxylation sites is 1. The van der Waals surface area contributed by atoms with Gasteiger partial charge in [-0.2, -0.15) is 4.98 Å². The zero-order valence-corrected chi connectivity index (χ0v) is 19.8. The number of anilines is 3. The molecule has 0 saturated heterocycles. The Kier molecular flexibility index (Phi) is 5.26. The molecule has 8 heteroatoms. The summed E-state index contributed by atoms with van der Waals surface area (Å²) >= 11 is 6.41. The van der Waals surface area contributed by atoms with Gasteiger partial charge < -0.3 is 15.4 Å². The number of rotatable bonds is 3. The van der Waals surface area contributed by atoms with Crippen LogP contribution in [0.4, 0.5) is 17.3 Å². The fraction of sp³-hybridized carbons (Fsp3) is 0.320. The normalized spacial score (nSPS) is 18.9. The van der Waals surface area contributed by atoms with Gasteiger partial charge in [-0.3, -0.25) is 9.69 Å². The second-order valence-corrected chi connectivity index (χ2v) is 9.60. The number of aromatic nitrogens is 2. The topological polar surface area (TPSA) is 79.4 Å². The van der Waals surface area contributed by atoms with E-state index in [1.807, 2.05) is 25.1 Å². The second kappa shape index (κ2) is 8.01. The fourth-order valence-corrected chi connectivity index (χ4v) is 4.91. The van der Waals surface area contributed by atoms with Gasteiger partial charge in [0.15, 0.2) is 6.23 Å². The smallest absolute Gasteiger partial charge is 0.268 e. The predicted octanol–water partition coefficient (Wildman–Crippen LogP) is 4.95. The van der Waals surface area contributed by atoms with Crippen LogP contribution in [0.3, 0.4) is 0 Å². The van der Waals surface area contributed by atoms with Crippen molar-refractivity contribution >= 4 is 34.8 Å². The van der Waals surface area contributed by atoms with Gasteiger partial charge in [0.25, 0.3) is 5.91 Å². The Morgan fingerprint density at radius 1 is 1.27 bits per heavy atom. The van der Waals surface area contributed by atoms with E-state index in [2.05, 4.69) is 46.6 Å². The molecule has 2 aliphatic rings. The Bertz CT molecular complexity index is 1240. The van der Waals surface area contributed by atoms with E-state index in [1.165, 1.54) is 17.3 Å². The van der Waals surface area contributed by atoms with Crippen LogP contribution < -0.4 is 20.3 Å². The molecule has 3 aromatic rings. The lowest BCUT2D eigenvalue weighted by Gasteiger charge is -2.35. The Balaban J connectivity index is 1.43. The molecule has 0 saturated carbocycles. The van der Waals surface area contributed by atoms with Gasteiger partial charge in [-0.25, -0.2) is 4.98 Å². The van der Waals surface area contributed by atoms with E-state index in [9.17, 15) is 4.79 Å². The molecule has 170 valence electrons. The fourth-order valence-electron chi connectivity index (χ4n) is 4.60. The quantitative estimate of drug-likeness (QED) is 0.572. The average Bonchev–Trinajstić information content (AvgIpc) is 2.75. The first-order valence-corrected chi connectivity index (χ1v) is 11.4. The number of hydrogen-bond acceptors (Lipinski definition) is 6. The first-order valence-electron chi connectivity index (χ1n) is 11.0. The molecular formula is C25H26ClN5O2. The maximum absolute atomic E-state index is 13.3. The van der Waals surface area contributed by atoms with Crippen molar-refractivity contribution < 1.29 is 9.53 Å². The van der Waals surface area contributed by atoms with Crippen molar-refractivity contribution in [1.29, 1.82) is 0 Å². The van der Waals surface area contributed by atoms with E-state index in [-0.39, 0.29) is 17.2 Å². The number of nitrogens with zero attached hydrogens (tertiary/aromatic N) is 3. The minimum Gasteiger partial charge on any atom is -0.453 e. The molecule has 0 fully saturated rings. The van der Waals surface area contributed by atoms with E-state index in [1.54, 1.807) is 17.9 Å². The van der Waals surface area contributed by atoms with Crippen molar-refractivity contribution in [2.45, 2.75) is 45.9 Å². The van der Waals surface area contributed by atoms with Crippen molar-refractivity contribution in [1.82, 2.24) is 15.3 Å². The number of ether oxygens (including phenoxy) is 1. The van der Waals surface area contributed by atoms with E-state index in [0.717, 1.165) is 24.3 Å². The van der Waals surface area contributed by atoms with Crippen LogP contribution in [-0.4, -0.2) is 28.6 Å². The molecule has 5 rings (SSSR count). The Hall–Kier alpha value is -3.16. The van der Waals surface area contributed by atoms with Gasteiger partial charge in [-0.05, 0) is 48.7 Å². The van der Waals surface area contributed by atoms with Gasteiger partial charge in [-0.1, -0.05) is 43.6 Å². The van der Waals surface area contributed by atoms with Crippen molar-refractivity contribution in [3.63, 3.8) is 0 Å². The number of hydrogen-bond donors (Lipinski definition) is 2. The molecule has 2 aromatic carbocycles.